The molecule has 152 valence electrons. The number of nitrogens with one attached hydrogen (secondary N) is 1. The van der Waals surface area contributed by atoms with Crippen molar-refractivity contribution in [2.45, 2.75) is 56.7 Å². The lowest BCUT2D eigenvalue weighted by molar-refractivity contribution is -0.122. The molecule has 0 aliphatic heterocycles. The van der Waals surface area contributed by atoms with Crippen LogP contribution in [0.4, 0.5) is 10.1 Å². The molecule has 1 aromatic rings. The summed E-state index contributed by atoms with van der Waals surface area (Å²) in [7, 11) is -3.69. The minimum atomic E-state index is -3.69. The molecule has 27 heavy (non-hydrogen) atoms. The SMILES string of the molecule is CC[C@H](C(=O)NCCSC1CCCCC1)N(c1ccc(F)cc1)S(C)(=O)=O. The third-order valence-electron chi connectivity index (χ3n) is 4.72. The summed E-state index contributed by atoms with van der Waals surface area (Å²) >= 11 is 1.88. The standard InChI is InChI=1S/C19H29FN2O3S2/c1-3-18(19(23)21-13-14-26-17-7-5-4-6-8-17)22(27(2,24)25)16-11-9-15(20)10-12-16/h9-12,17-18H,3-8,13-14H2,1-2H3,(H,21,23)/t18-/m1/s1. The molecule has 0 saturated heterocycles. The van der Waals surface area contributed by atoms with Gasteiger partial charge in [-0.1, -0.05) is 26.2 Å². The summed E-state index contributed by atoms with van der Waals surface area (Å²) in [5.74, 6) is 0.0448. The number of benzene rings is 1. The van der Waals surface area contributed by atoms with Gasteiger partial charge >= 0.3 is 0 Å². The van der Waals surface area contributed by atoms with Gasteiger partial charge in [0.1, 0.15) is 11.9 Å². The molecular formula is C19H29FN2O3S2. The lowest BCUT2D eigenvalue weighted by atomic mass is 10.0. The molecule has 0 aromatic heterocycles. The first-order valence-electron chi connectivity index (χ1n) is 9.47. The van der Waals surface area contributed by atoms with Crippen molar-refractivity contribution in [2.24, 2.45) is 0 Å². The summed E-state index contributed by atoms with van der Waals surface area (Å²) in [4.78, 5) is 12.7. The smallest absolute Gasteiger partial charge is 0.243 e. The Bertz CT molecular complexity index is 704. The van der Waals surface area contributed by atoms with Crippen molar-refractivity contribution in [3.63, 3.8) is 0 Å². The van der Waals surface area contributed by atoms with Crippen LogP contribution in [0.15, 0.2) is 24.3 Å². The number of anilines is 1. The number of hydrogen-bond acceptors (Lipinski definition) is 4. The Morgan fingerprint density at radius 2 is 1.89 bits per heavy atom. The third-order valence-corrected chi connectivity index (χ3v) is 7.28. The molecule has 1 atom stereocenters. The van der Waals surface area contributed by atoms with Gasteiger partial charge in [0.05, 0.1) is 11.9 Å². The first kappa shape index (κ1) is 22.0. The van der Waals surface area contributed by atoms with Crippen LogP contribution in [0, 0.1) is 5.82 Å². The molecule has 0 heterocycles. The van der Waals surface area contributed by atoms with Crippen LogP contribution in [0.2, 0.25) is 0 Å². The van der Waals surface area contributed by atoms with Crippen molar-refractivity contribution in [3.8, 4) is 0 Å². The van der Waals surface area contributed by atoms with Crippen LogP contribution in [0.1, 0.15) is 45.4 Å². The van der Waals surface area contributed by atoms with E-state index in [-0.39, 0.29) is 11.6 Å². The number of carbonyl (C=O) groups excluding carboxylic acids is 1. The normalized spacial score (nSPS) is 16.7. The number of carbonyl (C=O) groups is 1. The zero-order valence-electron chi connectivity index (χ0n) is 16.0. The van der Waals surface area contributed by atoms with Crippen LogP contribution in [0.25, 0.3) is 0 Å². The quantitative estimate of drug-likeness (QED) is 0.625. The highest BCUT2D eigenvalue weighted by Gasteiger charge is 2.31. The number of thioether (sulfide) groups is 1. The Morgan fingerprint density at radius 1 is 1.26 bits per heavy atom. The van der Waals surface area contributed by atoms with Gasteiger partial charge in [0, 0.05) is 17.5 Å². The number of sulfonamides is 1. The van der Waals surface area contributed by atoms with Gasteiger partial charge in [-0.3, -0.25) is 9.10 Å². The molecule has 0 spiro atoms. The second-order valence-electron chi connectivity index (χ2n) is 6.88. The van der Waals surface area contributed by atoms with Gasteiger partial charge in [-0.25, -0.2) is 12.8 Å². The van der Waals surface area contributed by atoms with Crippen LogP contribution in [-0.2, 0) is 14.8 Å². The molecule has 1 aliphatic rings. The van der Waals surface area contributed by atoms with E-state index in [4.69, 9.17) is 0 Å². The van der Waals surface area contributed by atoms with Gasteiger partial charge in [0.2, 0.25) is 15.9 Å². The molecule has 1 saturated carbocycles. The van der Waals surface area contributed by atoms with Gasteiger partial charge in [-0.05, 0) is 43.5 Å². The molecule has 1 aliphatic carbocycles. The van der Waals surface area contributed by atoms with Gasteiger partial charge in [0.15, 0.2) is 0 Å². The molecule has 2 rings (SSSR count). The van der Waals surface area contributed by atoms with Crippen LogP contribution in [0.5, 0.6) is 0 Å². The lowest BCUT2D eigenvalue weighted by Gasteiger charge is -2.30. The Kier molecular flexibility index (Phi) is 8.41. The second-order valence-corrected chi connectivity index (χ2v) is 10.1. The predicted octanol–water partition coefficient (Wildman–Crippen LogP) is 3.55. The zero-order valence-corrected chi connectivity index (χ0v) is 17.6. The second kappa shape index (κ2) is 10.3. The van der Waals surface area contributed by atoms with E-state index in [9.17, 15) is 17.6 Å². The van der Waals surface area contributed by atoms with Crippen molar-refractivity contribution in [2.75, 3.05) is 22.9 Å². The largest absolute Gasteiger partial charge is 0.353 e. The van der Waals surface area contributed by atoms with Crippen LogP contribution in [-0.4, -0.2) is 44.2 Å². The molecule has 5 nitrogen and oxygen atoms in total. The summed E-state index contributed by atoms with van der Waals surface area (Å²) in [6, 6.07) is 4.29. The van der Waals surface area contributed by atoms with E-state index < -0.39 is 21.9 Å². The average Bonchev–Trinajstić information content (AvgIpc) is 2.64. The summed E-state index contributed by atoms with van der Waals surface area (Å²) in [5.41, 5.74) is 0.289. The highest BCUT2D eigenvalue weighted by Crippen LogP contribution is 2.28. The summed E-state index contributed by atoms with van der Waals surface area (Å²) < 4.78 is 38.9. The zero-order chi connectivity index (χ0) is 19.9. The maximum Gasteiger partial charge on any atom is 0.243 e. The topological polar surface area (TPSA) is 66.5 Å². The molecule has 1 amide bonds. The molecule has 8 heteroatoms. The Balaban J connectivity index is 1.98. The van der Waals surface area contributed by atoms with Gasteiger partial charge < -0.3 is 5.32 Å². The maximum absolute atomic E-state index is 13.2. The van der Waals surface area contributed by atoms with Gasteiger partial charge in [0.25, 0.3) is 0 Å². The van der Waals surface area contributed by atoms with E-state index in [0.717, 1.165) is 16.3 Å². The maximum atomic E-state index is 13.2. The van der Waals surface area contributed by atoms with Crippen LogP contribution >= 0.6 is 11.8 Å². The minimum absolute atomic E-state index is 0.289. The fourth-order valence-corrected chi connectivity index (χ4v) is 5.83. The summed E-state index contributed by atoms with van der Waals surface area (Å²) in [5, 5.41) is 3.54. The highest BCUT2D eigenvalue weighted by molar-refractivity contribution is 7.99. The van der Waals surface area contributed by atoms with E-state index in [0.29, 0.717) is 18.2 Å². The third kappa shape index (κ3) is 6.68. The summed E-state index contributed by atoms with van der Waals surface area (Å²) in [6.07, 6.45) is 7.74. The van der Waals surface area contributed by atoms with Gasteiger partial charge in [-0.2, -0.15) is 11.8 Å². The first-order chi connectivity index (χ1) is 12.8. The fourth-order valence-electron chi connectivity index (χ4n) is 3.40. The average molecular weight is 417 g/mol. The molecule has 1 N–H and O–H groups in total. The monoisotopic (exact) mass is 416 g/mol. The van der Waals surface area contributed by atoms with E-state index in [1.54, 1.807) is 6.92 Å². The Morgan fingerprint density at radius 3 is 2.44 bits per heavy atom. The van der Waals surface area contributed by atoms with E-state index in [2.05, 4.69) is 5.32 Å². The minimum Gasteiger partial charge on any atom is -0.353 e. The number of halogens is 1. The fraction of sp³-hybridized carbons (Fsp3) is 0.632. The number of amides is 1. The molecule has 1 fully saturated rings. The number of hydrogen-bond donors (Lipinski definition) is 1. The number of rotatable bonds is 9. The molecule has 0 radical (unpaired) electrons. The molecular weight excluding hydrogens is 387 g/mol. The predicted molar refractivity (Wildman–Crippen MR) is 110 cm³/mol. The van der Waals surface area contributed by atoms with Gasteiger partial charge in [-0.15, -0.1) is 0 Å². The van der Waals surface area contributed by atoms with Crippen molar-refractivity contribution in [1.82, 2.24) is 5.32 Å². The Labute approximate surface area is 166 Å². The van der Waals surface area contributed by atoms with Crippen molar-refractivity contribution in [3.05, 3.63) is 30.1 Å². The van der Waals surface area contributed by atoms with Crippen molar-refractivity contribution >= 4 is 33.4 Å². The molecule has 1 aromatic carbocycles. The van der Waals surface area contributed by atoms with Crippen LogP contribution in [0.3, 0.4) is 0 Å². The molecule has 0 unspecified atom stereocenters. The molecule has 0 bridgehead atoms. The highest BCUT2D eigenvalue weighted by atomic mass is 32.2. The summed E-state index contributed by atoms with van der Waals surface area (Å²) in [6.45, 7) is 2.28. The lowest BCUT2D eigenvalue weighted by Crippen LogP contribution is -2.49. The van der Waals surface area contributed by atoms with Crippen LogP contribution < -0.4 is 9.62 Å². The van der Waals surface area contributed by atoms with E-state index in [1.807, 2.05) is 11.8 Å². The van der Waals surface area contributed by atoms with E-state index >= 15 is 0 Å². The number of nitrogens with zero attached hydrogens (tertiary/aromatic N) is 1. The first-order valence-corrected chi connectivity index (χ1v) is 12.4. The van der Waals surface area contributed by atoms with Crippen molar-refractivity contribution < 1.29 is 17.6 Å². The van der Waals surface area contributed by atoms with E-state index in [1.165, 1.54) is 56.4 Å². The Hall–Kier alpha value is -1.28. The van der Waals surface area contributed by atoms with Crippen molar-refractivity contribution in [1.29, 1.82) is 0 Å².